The van der Waals surface area contributed by atoms with Crippen LogP contribution in [0.3, 0.4) is 0 Å². The lowest BCUT2D eigenvalue weighted by Crippen LogP contribution is -2.28. The van der Waals surface area contributed by atoms with E-state index in [4.69, 9.17) is 4.74 Å². The zero-order valence-electron chi connectivity index (χ0n) is 15.8. The summed E-state index contributed by atoms with van der Waals surface area (Å²) in [4.78, 5) is 12.7. The first-order chi connectivity index (χ1) is 13.2. The predicted octanol–water partition coefficient (Wildman–Crippen LogP) is 5.46. The summed E-state index contributed by atoms with van der Waals surface area (Å²) in [5.41, 5.74) is 4.03. The van der Waals surface area contributed by atoms with E-state index >= 15 is 0 Å². The van der Waals surface area contributed by atoms with Gasteiger partial charge in [-0.05, 0) is 42.7 Å². The fourth-order valence-electron chi connectivity index (χ4n) is 2.93. The molecule has 0 aliphatic heterocycles. The lowest BCUT2D eigenvalue weighted by Gasteiger charge is -2.18. The summed E-state index contributed by atoms with van der Waals surface area (Å²) in [6.45, 7) is 4.61. The molecule has 3 heteroatoms. The molecule has 0 aliphatic carbocycles. The topological polar surface area (TPSA) is 38.3 Å². The fourth-order valence-corrected chi connectivity index (χ4v) is 2.93. The van der Waals surface area contributed by atoms with Gasteiger partial charge in [0.2, 0.25) is 0 Å². The van der Waals surface area contributed by atoms with Gasteiger partial charge in [0.1, 0.15) is 12.4 Å². The van der Waals surface area contributed by atoms with E-state index in [-0.39, 0.29) is 11.9 Å². The lowest BCUT2D eigenvalue weighted by molar-refractivity contribution is 0.0935. The Morgan fingerprint density at radius 2 is 1.70 bits per heavy atom. The van der Waals surface area contributed by atoms with Crippen molar-refractivity contribution in [3.63, 3.8) is 0 Å². The molecule has 27 heavy (non-hydrogen) atoms. The van der Waals surface area contributed by atoms with Crippen LogP contribution in [-0.2, 0) is 6.61 Å². The van der Waals surface area contributed by atoms with Crippen LogP contribution in [-0.4, -0.2) is 5.91 Å². The highest BCUT2D eigenvalue weighted by Crippen LogP contribution is 2.20. The molecule has 138 valence electrons. The minimum atomic E-state index is -0.0902. The van der Waals surface area contributed by atoms with Gasteiger partial charge in [-0.15, -0.1) is 0 Å². The van der Waals surface area contributed by atoms with E-state index in [0.29, 0.717) is 17.9 Å². The quantitative estimate of drug-likeness (QED) is 0.609. The molecule has 0 unspecified atom stereocenters. The zero-order chi connectivity index (χ0) is 19.1. The van der Waals surface area contributed by atoms with Crippen LogP contribution < -0.4 is 10.1 Å². The van der Waals surface area contributed by atoms with E-state index in [1.165, 1.54) is 5.56 Å². The summed E-state index contributed by atoms with van der Waals surface area (Å²) < 4.78 is 5.83. The number of benzene rings is 3. The van der Waals surface area contributed by atoms with Crippen LogP contribution >= 0.6 is 0 Å². The Morgan fingerprint density at radius 1 is 0.963 bits per heavy atom. The van der Waals surface area contributed by atoms with Gasteiger partial charge < -0.3 is 10.1 Å². The monoisotopic (exact) mass is 359 g/mol. The summed E-state index contributed by atoms with van der Waals surface area (Å²) in [5, 5.41) is 3.13. The van der Waals surface area contributed by atoms with Crippen LogP contribution in [0.5, 0.6) is 5.75 Å². The molecule has 0 aromatic heterocycles. The molecular formula is C24H25NO2. The molecule has 0 spiro atoms. The van der Waals surface area contributed by atoms with Crippen LogP contribution in [0.25, 0.3) is 0 Å². The Hall–Kier alpha value is -3.07. The first-order valence-electron chi connectivity index (χ1n) is 9.30. The van der Waals surface area contributed by atoms with Crippen molar-refractivity contribution in [1.82, 2.24) is 5.32 Å². The third kappa shape index (κ3) is 5.20. The van der Waals surface area contributed by atoms with Crippen molar-refractivity contribution in [2.45, 2.75) is 32.9 Å². The molecule has 0 fully saturated rings. The second-order valence-corrected chi connectivity index (χ2v) is 6.65. The number of nitrogens with one attached hydrogen (secondary N) is 1. The van der Waals surface area contributed by atoms with Crippen molar-refractivity contribution in [2.24, 2.45) is 0 Å². The molecule has 3 rings (SSSR count). The Labute approximate surface area is 161 Å². The van der Waals surface area contributed by atoms with Crippen molar-refractivity contribution < 1.29 is 9.53 Å². The minimum Gasteiger partial charge on any atom is -0.489 e. The minimum absolute atomic E-state index is 0.00741. The van der Waals surface area contributed by atoms with Gasteiger partial charge >= 0.3 is 0 Å². The van der Waals surface area contributed by atoms with E-state index < -0.39 is 0 Å². The Balaban J connectivity index is 1.66. The van der Waals surface area contributed by atoms with Crippen LogP contribution in [0.4, 0.5) is 0 Å². The Kier molecular flexibility index (Phi) is 6.26. The van der Waals surface area contributed by atoms with Gasteiger partial charge in [-0.3, -0.25) is 4.79 Å². The van der Waals surface area contributed by atoms with E-state index in [9.17, 15) is 4.79 Å². The highest BCUT2D eigenvalue weighted by Gasteiger charge is 2.14. The highest BCUT2D eigenvalue weighted by atomic mass is 16.5. The first kappa shape index (κ1) is 18.7. The maximum Gasteiger partial charge on any atom is 0.251 e. The molecule has 3 aromatic rings. The zero-order valence-corrected chi connectivity index (χ0v) is 15.8. The molecular weight excluding hydrogens is 334 g/mol. The maximum absolute atomic E-state index is 12.7. The largest absolute Gasteiger partial charge is 0.489 e. The number of carbonyl (C=O) groups excluding carboxylic acids is 1. The number of rotatable bonds is 7. The number of ether oxygens (including phenoxy) is 1. The third-order valence-electron chi connectivity index (χ3n) is 4.54. The smallest absolute Gasteiger partial charge is 0.251 e. The van der Waals surface area contributed by atoms with Gasteiger partial charge in [0.15, 0.2) is 0 Å². The van der Waals surface area contributed by atoms with Crippen LogP contribution in [0.2, 0.25) is 0 Å². The molecule has 1 amide bonds. The second-order valence-electron chi connectivity index (χ2n) is 6.65. The first-order valence-corrected chi connectivity index (χ1v) is 9.30. The number of carbonyl (C=O) groups is 1. The average Bonchev–Trinajstić information content (AvgIpc) is 2.72. The SMILES string of the molecule is CC[C@@H](NC(=O)c1cccc(OCc2ccccc2)c1)c1ccc(C)cc1. The molecule has 0 bridgehead atoms. The molecule has 0 saturated carbocycles. The fraction of sp³-hybridized carbons (Fsp3) is 0.208. The normalized spacial score (nSPS) is 11.6. The molecule has 1 N–H and O–H groups in total. The van der Waals surface area contributed by atoms with Gasteiger partial charge in [0, 0.05) is 5.56 Å². The molecule has 0 saturated heterocycles. The Bertz CT molecular complexity index is 872. The van der Waals surface area contributed by atoms with Crippen molar-refractivity contribution in [3.05, 3.63) is 101 Å². The van der Waals surface area contributed by atoms with E-state index in [1.54, 1.807) is 6.07 Å². The molecule has 0 aliphatic rings. The summed E-state index contributed by atoms with van der Waals surface area (Å²) in [7, 11) is 0. The number of hydrogen-bond donors (Lipinski definition) is 1. The van der Waals surface area contributed by atoms with Crippen LogP contribution in [0.15, 0.2) is 78.9 Å². The Morgan fingerprint density at radius 3 is 2.41 bits per heavy atom. The average molecular weight is 359 g/mol. The number of hydrogen-bond acceptors (Lipinski definition) is 2. The van der Waals surface area contributed by atoms with Gasteiger partial charge in [0.25, 0.3) is 5.91 Å². The van der Waals surface area contributed by atoms with Gasteiger partial charge in [-0.1, -0.05) is 73.2 Å². The molecule has 0 radical (unpaired) electrons. The van der Waals surface area contributed by atoms with E-state index in [0.717, 1.165) is 17.5 Å². The number of aryl methyl sites for hydroxylation is 1. The highest BCUT2D eigenvalue weighted by molar-refractivity contribution is 5.94. The van der Waals surface area contributed by atoms with E-state index in [1.807, 2.05) is 48.5 Å². The molecule has 0 heterocycles. The van der Waals surface area contributed by atoms with Crippen molar-refractivity contribution in [2.75, 3.05) is 0 Å². The third-order valence-corrected chi connectivity index (χ3v) is 4.54. The van der Waals surface area contributed by atoms with Crippen molar-refractivity contribution in [3.8, 4) is 5.75 Å². The molecule has 1 atom stereocenters. The molecule has 3 aromatic carbocycles. The van der Waals surface area contributed by atoms with Crippen LogP contribution in [0.1, 0.15) is 46.4 Å². The van der Waals surface area contributed by atoms with Crippen LogP contribution in [0, 0.1) is 6.92 Å². The summed E-state index contributed by atoms with van der Waals surface area (Å²) >= 11 is 0. The van der Waals surface area contributed by atoms with Gasteiger partial charge in [-0.25, -0.2) is 0 Å². The van der Waals surface area contributed by atoms with Crippen molar-refractivity contribution in [1.29, 1.82) is 0 Å². The maximum atomic E-state index is 12.7. The summed E-state index contributed by atoms with van der Waals surface area (Å²) in [5.74, 6) is 0.600. The van der Waals surface area contributed by atoms with Gasteiger partial charge in [-0.2, -0.15) is 0 Å². The molecule has 3 nitrogen and oxygen atoms in total. The standard InChI is InChI=1S/C24H25NO2/c1-3-23(20-14-12-18(2)13-15-20)25-24(26)21-10-7-11-22(16-21)27-17-19-8-5-4-6-9-19/h4-16,23H,3,17H2,1-2H3,(H,25,26)/t23-/m1/s1. The van der Waals surface area contributed by atoms with Crippen molar-refractivity contribution >= 4 is 5.91 Å². The summed E-state index contributed by atoms with van der Waals surface area (Å²) in [6.07, 6.45) is 0.832. The lowest BCUT2D eigenvalue weighted by atomic mass is 10.0. The number of amides is 1. The van der Waals surface area contributed by atoms with Gasteiger partial charge in [0.05, 0.1) is 6.04 Å². The summed E-state index contributed by atoms with van der Waals surface area (Å²) in [6, 6.07) is 25.6. The van der Waals surface area contributed by atoms with E-state index in [2.05, 4.69) is 43.4 Å². The second kappa shape index (κ2) is 9.04. The predicted molar refractivity (Wildman–Crippen MR) is 109 cm³/mol.